The first-order valence-electron chi connectivity index (χ1n) is 5.76. The van der Waals surface area contributed by atoms with Gasteiger partial charge in [-0.05, 0) is 19.1 Å². The topological polar surface area (TPSA) is 89.9 Å². The first-order valence-corrected chi connectivity index (χ1v) is 5.76. The monoisotopic (exact) mass is 262 g/mol. The summed E-state index contributed by atoms with van der Waals surface area (Å²) in [7, 11) is 0. The molecule has 0 aromatic carbocycles. The highest BCUT2D eigenvalue weighted by molar-refractivity contribution is 6.27. The summed E-state index contributed by atoms with van der Waals surface area (Å²) in [4.78, 5) is 23.7. The lowest BCUT2D eigenvalue weighted by atomic mass is 10.3. The van der Waals surface area contributed by atoms with Crippen LogP contribution in [0, 0.1) is 0 Å². The van der Waals surface area contributed by atoms with Gasteiger partial charge in [-0.3, -0.25) is 14.2 Å². The van der Waals surface area contributed by atoms with E-state index in [9.17, 15) is 9.59 Å². The molecule has 1 aliphatic rings. The standard InChI is InChI=1S/C12H14N4O3/c1-3-19-11-8(2)12(18)16(14-11)9-5-4-6-15(9)10(17)7-13/h4-6H,2-3,7,13H2,1H3. The highest BCUT2D eigenvalue weighted by atomic mass is 16.5. The summed E-state index contributed by atoms with van der Waals surface area (Å²) >= 11 is 0. The quantitative estimate of drug-likeness (QED) is 0.795. The van der Waals surface area contributed by atoms with E-state index in [1.165, 1.54) is 10.8 Å². The minimum absolute atomic E-state index is 0.160. The lowest BCUT2D eigenvalue weighted by molar-refractivity contribution is -0.114. The molecule has 2 rings (SSSR count). The first kappa shape index (κ1) is 13.0. The normalized spacial score (nSPS) is 14.8. The molecule has 0 fully saturated rings. The van der Waals surface area contributed by atoms with Gasteiger partial charge in [0.2, 0.25) is 11.8 Å². The number of carbonyl (C=O) groups excluding carboxylic acids is 2. The van der Waals surface area contributed by atoms with E-state index in [2.05, 4.69) is 11.7 Å². The molecular formula is C12H14N4O3. The fourth-order valence-corrected chi connectivity index (χ4v) is 1.68. The first-order chi connectivity index (χ1) is 9.10. The second-order valence-electron chi connectivity index (χ2n) is 3.77. The van der Waals surface area contributed by atoms with E-state index >= 15 is 0 Å². The van der Waals surface area contributed by atoms with Gasteiger partial charge in [-0.2, -0.15) is 5.01 Å². The molecule has 7 heteroatoms. The van der Waals surface area contributed by atoms with Gasteiger partial charge in [-0.25, -0.2) is 0 Å². The van der Waals surface area contributed by atoms with Crippen molar-refractivity contribution in [2.75, 3.05) is 18.2 Å². The number of hydrogen-bond donors (Lipinski definition) is 1. The summed E-state index contributed by atoms with van der Waals surface area (Å²) < 4.78 is 6.48. The van der Waals surface area contributed by atoms with E-state index in [4.69, 9.17) is 10.5 Å². The zero-order chi connectivity index (χ0) is 14.0. The predicted molar refractivity (Wildman–Crippen MR) is 69.8 cm³/mol. The van der Waals surface area contributed by atoms with Crippen LogP contribution in [0.4, 0.5) is 5.82 Å². The van der Waals surface area contributed by atoms with Gasteiger partial charge in [0.1, 0.15) is 5.82 Å². The van der Waals surface area contributed by atoms with Crippen LogP contribution in [0.3, 0.4) is 0 Å². The minimum Gasteiger partial charge on any atom is -0.476 e. The van der Waals surface area contributed by atoms with E-state index in [1.807, 2.05) is 0 Å². The summed E-state index contributed by atoms with van der Waals surface area (Å²) in [5.74, 6) is -0.275. The number of hydrogen-bond acceptors (Lipinski definition) is 5. The van der Waals surface area contributed by atoms with Crippen LogP contribution in [-0.2, 0) is 9.53 Å². The van der Waals surface area contributed by atoms with E-state index in [-0.39, 0.29) is 23.9 Å². The third-order valence-corrected chi connectivity index (χ3v) is 2.57. The number of aromatic nitrogens is 1. The second kappa shape index (κ2) is 5.07. The van der Waals surface area contributed by atoms with Crippen molar-refractivity contribution in [1.29, 1.82) is 0 Å². The van der Waals surface area contributed by atoms with Gasteiger partial charge < -0.3 is 10.5 Å². The van der Waals surface area contributed by atoms with Crippen molar-refractivity contribution >= 4 is 23.5 Å². The molecule has 0 atom stereocenters. The number of nitrogens with zero attached hydrogens (tertiary/aromatic N) is 3. The summed E-state index contributed by atoms with van der Waals surface area (Å²) in [5, 5.41) is 5.11. The number of ether oxygens (including phenoxy) is 1. The molecule has 1 aromatic rings. The molecule has 19 heavy (non-hydrogen) atoms. The van der Waals surface area contributed by atoms with Crippen LogP contribution in [0.1, 0.15) is 11.7 Å². The molecule has 1 aromatic heterocycles. The minimum atomic E-state index is -0.423. The summed E-state index contributed by atoms with van der Waals surface area (Å²) in [5.41, 5.74) is 5.48. The van der Waals surface area contributed by atoms with E-state index in [0.29, 0.717) is 12.4 Å². The van der Waals surface area contributed by atoms with Crippen molar-refractivity contribution < 1.29 is 14.3 Å². The third-order valence-electron chi connectivity index (χ3n) is 2.57. The van der Waals surface area contributed by atoms with Crippen LogP contribution >= 0.6 is 0 Å². The summed E-state index contributed by atoms with van der Waals surface area (Å²) in [6.07, 6.45) is 1.52. The number of hydrazone groups is 1. The Kier molecular flexibility index (Phi) is 3.48. The SMILES string of the molecule is C=C1C(=O)N(c2cccn2C(=O)CN)N=C1OCC. The molecule has 0 aliphatic carbocycles. The Labute approximate surface area is 109 Å². The van der Waals surface area contributed by atoms with E-state index in [1.54, 1.807) is 19.1 Å². The van der Waals surface area contributed by atoms with Gasteiger partial charge in [-0.15, -0.1) is 5.10 Å². The molecule has 0 bridgehead atoms. The molecule has 0 saturated heterocycles. The van der Waals surface area contributed by atoms with Crippen LogP contribution in [0.15, 0.2) is 35.6 Å². The average molecular weight is 262 g/mol. The fourth-order valence-electron chi connectivity index (χ4n) is 1.68. The lowest BCUT2D eigenvalue weighted by Gasteiger charge is -2.13. The Bertz CT molecular complexity index is 573. The van der Waals surface area contributed by atoms with Crippen molar-refractivity contribution in [3.63, 3.8) is 0 Å². The zero-order valence-corrected chi connectivity index (χ0v) is 10.5. The summed E-state index contributed by atoms with van der Waals surface area (Å²) in [6.45, 7) is 5.62. The maximum atomic E-state index is 12.0. The smallest absolute Gasteiger partial charge is 0.285 e. The molecule has 100 valence electrons. The number of anilines is 1. The largest absolute Gasteiger partial charge is 0.476 e. The molecule has 1 amide bonds. The van der Waals surface area contributed by atoms with Crippen LogP contribution in [0.5, 0.6) is 0 Å². The van der Waals surface area contributed by atoms with Gasteiger partial charge >= 0.3 is 0 Å². The maximum absolute atomic E-state index is 12.0. The molecule has 0 unspecified atom stereocenters. The molecule has 2 heterocycles. The molecule has 7 nitrogen and oxygen atoms in total. The van der Waals surface area contributed by atoms with E-state index in [0.717, 1.165) is 5.01 Å². The molecule has 0 spiro atoms. The van der Waals surface area contributed by atoms with Crippen molar-refractivity contribution in [2.24, 2.45) is 10.8 Å². The molecule has 1 aliphatic heterocycles. The van der Waals surface area contributed by atoms with Gasteiger partial charge in [0, 0.05) is 6.20 Å². The van der Waals surface area contributed by atoms with Crippen LogP contribution in [0.25, 0.3) is 0 Å². The van der Waals surface area contributed by atoms with Gasteiger partial charge in [0.05, 0.1) is 18.7 Å². The van der Waals surface area contributed by atoms with Gasteiger partial charge in [0.25, 0.3) is 5.91 Å². The van der Waals surface area contributed by atoms with Crippen molar-refractivity contribution in [2.45, 2.75) is 6.92 Å². The number of amides is 1. The molecular weight excluding hydrogens is 248 g/mol. The second-order valence-corrected chi connectivity index (χ2v) is 3.77. The van der Waals surface area contributed by atoms with Crippen LogP contribution in [-0.4, -0.2) is 35.4 Å². The summed E-state index contributed by atoms with van der Waals surface area (Å²) in [6, 6.07) is 3.23. The molecule has 2 N–H and O–H groups in total. The van der Waals surface area contributed by atoms with Crippen molar-refractivity contribution in [1.82, 2.24) is 4.57 Å². The number of nitrogens with two attached hydrogens (primary N) is 1. The van der Waals surface area contributed by atoms with Crippen LogP contribution < -0.4 is 10.7 Å². The number of rotatable bonds is 3. The number of carbonyl (C=O) groups is 2. The maximum Gasteiger partial charge on any atom is 0.285 e. The Balaban J connectivity index is 2.38. The highest BCUT2D eigenvalue weighted by Gasteiger charge is 2.33. The Morgan fingerprint density at radius 1 is 1.58 bits per heavy atom. The predicted octanol–water partition coefficient (Wildman–Crippen LogP) is 0.340. The Morgan fingerprint density at radius 3 is 2.95 bits per heavy atom. The van der Waals surface area contributed by atoms with Crippen molar-refractivity contribution in [3.05, 3.63) is 30.5 Å². The van der Waals surface area contributed by atoms with Gasteiger partial charge in [0.15, 0.2) is 0 Å². The zero-order valence-electron chi connectivity index (χ0n) is 10.5. The third kappa shape index (κ3) is 2.15. The average Bonchev–Trinajstić information content (AvgIpc) is 2.98. The lowest BCUT2D eigenvalue weighted by Crippen LogP contribution is -2.28. The molecule has 0 radical (unpaired) electrons. The highest BCUT2D eigenvalue weighted by Crippen LogP contribution is 2.23. The van der Waals surface area contributed by atoms with E-state index < -0.39 is 5.91 Å². The Hall–Kier alpha value is -2.41. The Morgan fingerprint density at radius 2 is 2.32 bits per heavy atom. The van der Waals surface area contributed by atoms with Crippen molar-refractivity contribution in [3.8, 4) is 0 Å². The van der Waals surface area contributed by atoms with Gasteiger partial charge in [-0.1, -0.05) is 6.58 Å². The van der Waals surface area contributed by atoms with Crippen LogP contribution in [0.2, 0.25) is 0 Å². The fraction of sp³-hybridized carbons (Fsp3) is 0.250. The molecule has 0 saturated carbocycles.